The molecule has 0 aliphatic rings. The molecule has 0 radical (unpaired) electrons. The SMILES string of the molecule is COc1cccc(OC)c1C(O)c1cc(C)c(Br)cc1C. The number of aryl methyl sites for hydroxylation is 2. The molecule has 21 heavy (non-hydrogen) atoms. The molecule has 1 atom stereocenters. The lowest BCUT2D eigenvalue weighted by Crippen LogP contribution is -2.07. The van der Waals surface area contributed by atoms with E-state index < -0.39 is 6.10 Å². The monoisotopic (exact) mass is 350 g/mol. The number of aliphatic hydroxyl groups is 1. The fraction of sp³-hybridized carbons (Fsp3) is 0.294. The highest BCUT2D eigenvalue weighted by molar-refractivity contribution is 9.10. The molecule has 0 spiro atoms. The molecule has 0 saturated heterocycles. The maximum atomic E-state index is 10.8. The van der Waals surface area contributed by atoms with Gasteiger partial charge in [-0.1, -0.05) is 28.1 Å². The third-order valence-corrected chi connectivity index (χ3v) is 4.44. The highest BCUT2D eigenvalue weighted by atomic mass is 79.9. The second-order valence-electron chi connectivity index (χ2n) is 4.94. The summed E-state index contributed by atoms with van der Waals surface area (Å²) in [4.78, 5) is 0. The molecule has 2 rings (SSSR count). The van der Waals surface area contributed by atoms with Gasteiger partial charge < -0.3 is 14.6 Å². The predicted molar refractivity (Wildman–Crippen MR) is 87.2 cm³/mol. The largest absolute Gasteiger partial charge is 0.496 e. The van der Waals surface area contributed by atoms with Crippen LogP contribution in [0.25, 0.3) is 0 Å². The number of benzene rings is 2. The topological polar surface area (TPSA) is 38.7 Å². The van der Waals surface area contributed by atoms with Crippen molar-refractivity contribution >= 4 is 15.9 Å². The van der Waals surface area contributed by atoms with Crippen LogP contribution in [0.15, 0.2) is 34.8 Å². The first-order valence-electron chi connectivity index (χ1n) is 6.65. The number of methoxy groups -OCH3 is 2. The van der Waals surface area contributed by atoms with E-state index in [1.807, 2.05) is 44.2 Å². The van der Waals surface area contributed by atoms with Crippen molar-refractivity contribution in [3.05, 3.63) is 57.1 Å². The number of aliphatic hydroxyl groups excluding tert-OH is 1. The van der Waals surface area contributed by atoms with Crippen molar-refractivity contribution < 1.29 is 14.6 Å². The lowest BCUT2D eigenvalue weighted by atomic mass is 9.94. The third-order valence-electron chi connectivity index (χ3n) is 3.58. The molecule has 1 unspecified atom stereocenters. The summed E-state index contributed by atoms with van der Waals surface area (Å²) >= 11 is 3.51. The van der Waals surface area contributed by atoms with Crippen molar-refractivity contribution in [3.8, 4) is 11.5 Å². The van der Waals surface area contributed by atoms with Gasteiger partial charge in [0.2, 0.25) is 0 Å². The minimum atomic E-state index is -0.803. The van der Waals surface area contributed by atoms with Crippen LogP contribution in [0.5, 0.6) is 11.5 Å². The van der Waals surface area contributed by atoms with Gasteiger partial charge in [0.1, 0.15) is 17.6 Å². The van der Waals surface area contributed by atoms with Gasteiger partial charge in [-0.05, 0) is 48.7 Å². The molecule has 4 heteroatoms. The number of hydrogen-bond acceptors (Lipinski definition) is 3. The Kier molecular flexibility index (Phi) is 4.91. The van der Waals surface area contributed by atoms with E-state index in [1.165, 1.54) is 0 Å². The number of halogens is 1. The Bertz CT molecular complexity index is 630. The van der Waals surface area contributed by atoms with Gasteiger partial charge in [-0.15, -0.1) is 0 Å². The molecule has 0 heterocycles. The van der Waals surface area contributed by atoms with Crippen molar-refractivity contribution in [2.75, 3.05) is 14.2 Å². The predicted octanol–water partition coefficient (Wildman–Crippen LogP) is 4.16. The zero-order valence-corrected chi connectivity index (χ0v) is 14.2. The van der Waals surface area contributed by atoms with E-state index >= 15 is 0 Å². The zero-order chi connectivity index (χ0) is 15.6. The lowest BCUT2D eigenvalue weighted by Gasteiger charge is -2.20. The van der Waals surface area contributed by atoms with Crippen LogP contribution in [0, 0.1) is 13.8 Å². The second-order valence-corrected chi connectivity index (χ2v) is 5.79. The molecule has 0 aliphatic carbocycles. The minimum absolute atomic E-state index is 0.613. The molecule has 3 nitrogen and oxygen atoms in total. The molecule has 0 saturated carbocycles. The van der Waals surface area contributed by atoms with Crippen LogP contribution in [-0.4, -0.2) is 19.3 Å². The average molecular weight is 351 g/mol. The Morgan fingerprint density at radius 3 is 2.10 bits per heavy atom. The number of hydrogen-bond donors (Lipinski definition) is 1. The zero-order valence-electron chi connectivity index (χ0n) is 12.6. The third kappa shape index (κ3) is 3.06. The van der Waals surface area contributed by atoms with E-state index in [1.54, 1.807) is 14.2 Å². The molecule has 2 aromatic carbocycles. The Morgan fingerprint density at radius 2 is 1.57 bits per heavy atom. The summed E-state index contributed by atoms with van der Waals surface area (Å²) in [7, 11) is 3.18. The standard InChI is InChI=1S/C17H19BrO3/c1-10-9-13(18)11(2)8-12(10)17(19)16-14(20-3)6-5-7-15(16)21-4/h5-9,17,19H,1-4H3. The van der Waals surface area contributed by atoms with E-state index in [-0.39, 0.29) is 0 Å². The Labute approximate surface area is 133 Å². The van der Waals surface area contributed by atoms with Crippen LogP contribution in [0.3, 0.4) is 0 Å². The molecule has 1 N–H and O–H groups in total. The summed E-state index contributed by atoms with van der Waals surface area (Å²) < 4.78 is 11.8. The Morgan fingerprint density at radius 1 is 1.00 bits per heavy atom. The van der Waals surface area contributed by atoms with Crippen molar-refractivity contribution in [3.63, 3.8) is 0 Å². The van der Waals surface area contributed by atoms with Gasteiger partial charge in [0.05, 0.1) is 19.8 Å². The molecular formula is C17H19BrO3. The molecule has 0 aliphatic heterocycles. The first-order valence-corrected chi connectivity index (χ1v) is 7.44. The van der Waals surface area contributed by atoms with Gasteiger partial charge in [0.15, 0.2) is 0 Å². The van der Waals surface area contributed by atoms with Gasteiger partial charge in [-0.3, -0.25) is 0 Å². The van der Waals surface area contributed by atoms with Gasteiger partial charge in [0.25, 0.3) is 0 Å². The maximum absolute atomic E-state index is 10.8. The average Bonchev–Trinajstić information content (AvgIpc) is 2.49. The summed E-state index contributed by atoms with van der Waals surface area (Å²) in [5.74, 6) is 1.23. The summed E-state index contributed by atoms with van der Waals surface area (Å²) in [5, 5.41) is 10.8. The second kappa shape index (κ2) is 6.50. The fourth-order valence-corrected chi connectivity index (χ4v) is 2.86. The molecule has 0 amide bonds. The fourth-order valence-electron chi connectivity index (χ4n) is 2.40. The van der Waals surface area contributed by atoms with Crippen molar-refractivity contribution in [2.24, 2.45) is 0 Å². The van der Waals surface area contributed by atoms with Crippen molar-refractivity contribution in [2.45, 2.75) is 20.0 Å². The van der Waals surface area contributed by atoms with E-state index in [2.05, 4.69) is 15.9 Å². The van der Waals surface area contributed by atoms with Crippen LogP contribution in [0.1, 0.15) is 28.4 Å². The Hall–Kier alpha value is -1.52. The van der Waals surface area contributed by atoms with E-state index in [0.717, 1.165) is 21.2 Å². The maximum Gasteiger partial charge on any atom is 0.128 e. The summed E-state index contributed by atoms with van der Waals surface area (Å²) in [6, 6.07) is 9.48. The number of rotatable bonds is 4. The highest BCUT2D eigenvalue weighted by Crippen LogP contribution is 2.39. The molecule has 2 aromatic rings. The molecular weight excluding hydrogens is 332 g/mol. The van der Waals surface area contributed by atoms with Crippen LogP contribution in [0.2, 0.25) is 0 Å². The molecule has 0 fully saturated rings. The molecule has 0 aromatic heterocycles. The molecule has 112 valence electrons. The van der Waals surface area contributed by atoms with Gasteiger partial charge in [0, 0.05) is 4.47 Å². The van der Waals surface area contributed by atoms with Gasteiger partial charge >= 0.3 is 0 Å². The van der Waals surface area contributed by atoms with Crippen LogP contribution in [-0.2, 0) is 0 Å². The molecule has 0 bridgehead atoms. The summed E-state index contributed by atoms with van der Waals surface area (Å²) in [6.45, 7) is 3.98. The van der Waals surface area contributed by atoms with Crippen LogP contribution >= 0.6 is 15.9 Å². The normalized spacial score (nSPS) is 12.1. The lowest BCUT2D eigenvalue weighted by molar-refractivity contribution is 0.208. The van der Waals surface area contributed by atoms with Crippen molar-refractivity contribution in [1.82, 2.24) is 0 Å². The van der Waals surface area contributed by atoms with E-state index in [9.17, 15) is 5.11 Å². The van der Waals surface area contributed by atoms with Crippen molar-refractivity contribution in [1.29, 1.82) is 0 Å². The smallest absolute Gasteiger partial charge is 0.128 e. The Balaban J connectivity index is 2.59. The highest BCUT2D eigenvalue weighted by Gasteiger charge is 2.22. The van der Waals surface area contributed by atoms with Gasteiger partial charge in [-0.2, -0.15) is 0 Å². The van der Waals surface area contributed by atoms with Gasteiger partial charge in [-0.25, -0.2) is 0 Å². The van der Waals surface area contributed by atoms with Crippen LogP contribution in [0.4, 0.5) is 0 Å². The number of ether oxygens (including phenoxy) is 2. The summed E-state index contributed by atoms with van der Waals surface area (Å²) in [5.41, 5.74) is 3.57. The minimum Gasteiger partial charge on any atom is -0.496 e. The summed E-state index contributed by atoms with van der Waals surface area (Å²) in [6.07, 6.45) is -0.803. The van der Waals surface area contributed by atoms with E-state index in [0.29, 0.717) is 17.1 Å². The van der Waals surface area contributed by atoms with Crippen LogP contribution < -0.4 is 9.47 Å². The quantitative estimate of drug-likeness (QED) is 0.899. The first-order chi connectivity index (χ1) is 9.99. The van der Waals surface area contributed by atoms with E-state index in [4.69, 9.17) is 9.47 Å². The first kappa shape index (κ1) is 15.9.